The largest absolute Gasteiger partial charge is 0.298 e. The molecule has 1 unspecified atom stereocenters. The van der Waals surface area contributed by atoms with Crippen molar-refractivity contribution in [3.8, 4) is 0 Å². The molecule has 0 heterocycles. The molecule has 0 N–H and O–H groups in total. The van der Waals surface area contributed by atoms with E-state index in [4.69, 9.17) is 0 Å². The number of allylic oxidation sites excluding steroid dienone is 2. The molecule has 0 saturated carbocycles. The average molecular weight is 171 g/mol. The highest BCUT2D eigenvalue weighted by molar-refractivity contribution is 5.74. The minimum atomic E-state index is -1.38. The van der Waals surface area contributed by atoms with Gasteiger partial charge < -0.3 is 0 Å². The van der Waals surface area contributed by atoms with Crippen LogP contribution in [0.5, 0.6) is 0 Å². The molecular weight excluding hydrogens is 165 g/mol. The van der Waals surface area contributed by atoms with Crippen molar-refractivity contribution in [1.82, 2.24) is 0 Å². The summed E-state index contributed by atoms with van der Waals surface area (Å²) in [4.78, 5) is 19.7. The molecule has 64 valence electrons. The molecule has 0 saturated heterocycles. The summed E-state index contributed by atoms with van der Waals surface area (Å²) in [5, 5.41) is 10.2. The van der Waals surface area contributed by atoms with Crippen molar-refractivity contribution in [2.45, 2.75) is 12.5 Å². The summed E-state index contributed by atoms with van der Waals surface area (Å²) in [6.45, 7) is 0. The molecule has 12 heavy (non-hydrogen) atoms. The molecule has 0 amide bonds. The molecule has 0 spiro atoms. The zero-order valence-electron chi connectivity index (χ0n) is 6.07. The number of hydrogen-bond donors (Lipinski definition) is 0. The molecule has 0 aliphatic heterocycles. The van der Waals surface area contributed by atoms with Gasteiger partial charge in [0.1, 0.15) is 6.29 Å². The van der Waals surface area contributed by atoms with Crippen molar-refractivity contribution in [3.05, 3.63) is 33.7 Å². The molecule has 4 nitrogen and oxygen atoms in total. The first-order valence-corrected chi connectivity index (χ1v) is 3.30. The van der Waals surface area contributed by atoms with Gasteiger partial charge in [-0.1, -0.05) is 6.08 Å². The molecule has 0 bridgehead atoms. The molecule has 1 aliphatic carbocycles. The van der Waals surface area contributed by atoms with E-state index in [1.165, 1.54) is 6.08 Å². The summed E-state index contributed by atoms with van der Waals surface area (Å²) < 4.78 is 12.7. The number of aldehydes is 1. The van der Waals surface area contributed by atoms with Crippen LogP contribution in [0.2, 0.25) is 0 Å². The lowest BCUT2D eigenvalue weighted by Crippen LogP contribution is -2.23. The first-order valence-electron chi connectivity index (χ1n) is 3.30. The normalized spacial score (nSPS) is 22.6. The second-order valence-corrected chi connectivity index (χ2v) is 2.42. The highest BCUT2D eigenvalue weighted by atomic mass is 19.1. The first kappa shape index (κ1) is 8.58. The predicted octanol–water partition coefficient (Wildman–Crippen LogP) is 1.01. The molecule has 0 radical (unpaired) electrons. The second-order valence-electron chi connectivity index (χ2n) is 2.42. The lowest BCUT2D eigenvalue weighted by atomic mass is 10.0. The van der Waals surface area contributed by atoms with E-state index in [2.05, 4.69) is 0 Å². The molecule has 1 aliphatic rings. The van der Waals surface area contributed by atoms with Crippen molar-refractivity contribution in [3.63, 3.8) is 0 Å². The van der Waals surface area contributed by atoms with Gasteiger partial charge in [-0.15, -0.1) is 0 Å². The van der Waals surface area contributed by atoms with Crippen LogP contribution in [-0.4, -0.2) is 17.3 Å². The predicted molar refractivity (Wildman–Crippen MR) is 38.7 cm³/mol. The summed E-state index contributed by atoms with van der Waals surface area (Å²) >= 11 is 0. The minimum Gasteiger partial charge on any atom is -0.298 e. The highest BCUT2D eigenvalue weighted by Gasteiger charge is 2.29. The molecular formula is C7H6FNO3. The van der Waals surface area contributed by atoms with Crippen molar-refractivity contribution in [2.75, 3.05) is 0 Å². The second kappa shape index (κ2) is 3.25. The molecule has 0 aromatic carbocycles. The lowest BCUT2D eigenvalue weighted by molar-refractivity contribution is -0.514. The third kappa shape index (κ3) is 1.55. The van der Waals surface area contributed by atoms with Crippen LogP contribution in [0.4, 0.5) is 4.39 Å². The summed E-state index contributed by atoms with van der Waals surface area (Å²) in [7, 11) is 0. The number of nitro groups is 1. The van der Waals surface area contributed by atoms with E-state index in [1.54, 1.807) is 0 Å². The summed E-state index contributed by atoms with van der Waals surface area (Å²) in [6.07, 6.45) is 2.56. The zero-order chi connectivity index (χ0) is 9.14. The number of carbonyl (C=O) groups is 1. The van der Waals surface area contributed by atoms with Gasteiger partial charge in [0, 0.05) is 4.92 Å². The van der Waals surface area contributed by atoms with Gasteiger partial charge in [0.15, 0.2) is 5.83 Å². The molecule has 0 aromatic heterocycles. The quantitative estimate of drug-likeness (QED) is 0.354. The topological polar surface area (TPSA) is 60.2 Å². The third-order valence-electron chi connectivity index (χ3n) is 1.61. The van der Waals surface area contributed by atoms with Crippen LogP contribution in [0.15, 0.2) is 23.6 Å². The van der Waals surface area contributed by atoms with Crippen LogP contribution in [0.3, 0.4) is 0 Å². The molecule has 1 atom stereocenters. The number of hydrogen-bond acceptors (Lipinski definition) is 3. The van der Waals surface area contributed by atoms with Gasteiger partial charge in [-0.05, 0) is 11.6 Å². The van der Waals surface area contributed by atoms with Gasteiger partial charge in [-0.25, -0.2) is 4.39 Å². The van der Waals surface area contributed by atoms with Gasteiger partial charge >= 0.3 is 0 Å². The Hall–Kier alpha value is -1.52. The third-order valence-corrected chi connectivity index (χ3v) is 1.61. The highest BCUT2D eigenvalue weighted by Crippen LogP contribution is 2.20. The van der Waals surface area contributed by atoms with Crippen LogP contribution in [0, 0.1) is 10.1 Å². The standard InChI is InChI=1S/C7H6FNO3/c8-6-2-1-5(4-10)3-7(6)9(11)12/h1-2,4,7H,3H2. The minimum absolute atomic E-state index is 0.154. The van der Waals surface area contributed by atoms with E-state index < -0.39 is 16.8 Å². The monoisotopic (exact) mass is 171 g/mol. The van der Waals surface area contributed by atoms with Crippen molar-refractivity contribution in [2.24, 2.45) is 0 Å². The SMILES string of the molecule is O=CC1=CC=C(F)C([N+](=O)[O-])C1. The van der Waals surface area contributed by atoms with E-state index in [9.17, 15) is 19.3 Å². The maximum Gasteiger partial charge on any atom is 0.267 e. The van der Waals surface area contributed by atoms with E-state index >= 15 is 0 Å². The summed E-state index contributed by atoms with van der Waals surface area (Å²) in [6, 6.07) is -1.38. The van der Waals surface area contributed by atoms with Crippen molar-refractivity contribution < 1.29 is 14.1 Å². The number of halogens is 1. The Balaban J connectivity index is 2.86. The zero-order valence-corrected chi connectivity index (χ0v) is 6.07. The summed E-state index contributed by atoms with van der Waals surface area (Å²) in [5.74, 6) is -0.800. The smallest absolute Gasteiger partial charge is 0.267 e. The fraction of sp³-hybridized carbons (Fsp3) is 0.286. The van der Waals surface area contributed by atoms with Gasteiger partial charge in [-0.2, -0.15) is 0 Å². The molecule has 0 aromatic rings. The Morgan fingerprint density at radius 2 is 2.33 bits per heavy atom. The number of rotatable bonds is 2. The lowest BCUT2D eigenvalue weighted by Gasteiger charge is -2.09. The first-order chi connectivity index (χ1) is 5.65. The van der Waals surface area contributed by atoms with Crippen LogP contribution >= 0.6 is 0 Å². The maximum absolute atomic E-state index is 12.7. The van der Waals surface area contributed by atoms with Crippen LogP contribution in [0.1, 0.15) is 6.42 Å². The van der Waals surface area contributed by atoms with Crippen molar-refractivity contribution >= 4 is 6.29 Å². The Kier molecular flexibility index (Phi) is 2.32. The van der Waals surface area contributed by atoms with E-state index in [0.717, 1.165) is 6.08 Å². The van der Waals surface area contributed by atoms with E-state index in [1.807, 2.05) is 0 Å². The van der Waals surface area contributed by atoms with Crippen LogP contribution in [0.25, 0.3) is 0 Å². The fourth-order valence-corrected chi connectivity index (χ4v) is 0.949. The Bertz CT molecular complexity index is 282. The van der Waals surface area contributed by atoms with E-state index in [-0.39, 0.29) is 12.0 Å². The van der Waals surface area contributed by atoms with Gasteiger partial charge in [-0.3, -0.25) is 14.9 Å². The average Bonchev–Trinajstić information content (AvgIpc) is 2.05. The maximum atomic E-state index is 12.7. The Labute approximate surface area is 67.5 Å². The van der Waals surface area contributed by atoms with Gasteiger partial charge in [0.05, 0.1) is 6.42 Å². The molecule has 1 rings (SSSR count). The number of nitrogens with zero attached hydrogens (tertiary/aromatic N) is 1. The van der Waals surface area contributed by atoms with Crippen molar-refractivity contribution in [1.29, 1.82) is 0 Å². The van der Waals surface area contributed by atoms with Crippen LogP contribution < -0.4 is 0 Å². The fourth-order valence-electron chi connectivity index (χ4n) is 0.949. The van der Waals surface area contributed by atoms with E-state index in [0.29, 0.717) is 6.29 Å². The summed E-state index contributed by atoms with van der Waals surface area (Å²) in [5.41, 5.74) is 0.248. The van der Waals surface area contributed by atoms with Gasteiger partial charge in [0.25, 0.3) is 6.04 Å². The number of carbonyl (C=O) groups excluding carboxylic acids is 1. The van der Waals surface area contributed by atoms with Crippen LogP contribution in [-0.2, 0) is 4.79 Å². The Morgan fingerprint density at radius 3 is 2.83 bits per heavy atom. The molecule has 0 fully saturated rings. The Morgan fingerprint density at radius 1 is 1.67 bits per heavy atom. The molecule has 5 heteroatoms. The van der Waals surface area contributed by atoms with Gasteiger partial charge in [0.2, 0.25) is 0 Å².